The summed E-state index contributed by atoms with van der Waals surface area (Å²) in [7, 11) is 0. The van der Waals surface area contributed by atoms with Gasteiger partial charge in [0.05, 0.1) is 5.39 Å². The highest BCUT2D eigenvalue weighted by atomic mass is 19.4. The Morgan fingerprint density at radius 2 is 1.72 bits per heavy atom. The van der Waals surface area contributed by atoms with Crippen molar-refractivity contribution in [3.8, 4) is 22.8 Å². The molecular formula is C20H12F4N2O3. The number of halogens is 4. The third-order valence-electron chi connectivity index (χ3n) is 4.04. The lowest BCUT2D eigenvalue weighted by Gasteiger charge is -2.09. The first-order valence-electron chi connectivity index (χ1n) is 8.37. The molecule has 0 aliphatic carbocycles. The molecule has 4 aromatic rings. The van der Waals surface area contributed by atoms with E-state index in [2.05, 4.69) is 14.9 Å². The van der Waals surface area contributed by atoms with Crippen molar-refractivity contribution in [1.29, 1.82) is 0 Å². The minimum atomic E-state index is -4.75. The van der Waals surface area contributed by atoms with Crippen molar-refractivity contribution in [1.82, 2.24) is 10.1 Å². The van der Waals surface area contributed by atoms with Crippen LogP contribution in [-0.4, -0.2) is 16.5 Å². The van der Waals surface area contributed by atoms with Gasteiger partial charge in [0.1, 0.15) is 23.9 Å². The topological polar surface area (TPSA) is 57.4 Å². The molecule has 29 heavy (non-hydrogen) atoms. The predicted octanol–water partition coefficient (Wildman–Crippen LogP) is 5.51. The molecule has 0 amide bonds. The van der Waals surface area contributed by atoms with E-state index in [1.165, 1.54) is 42.6 Å². The highest BCUT2D eigenvalue weighted by Gasteiger charge is 2.31. The Morgan fingerprint density at radius 1 is 0.966 bits per heavy atom. The van der Waals surface area contributed by atoms with E-state index >= 15 is 0 Å². The zero-order chi connectivity index (χ0) is 20.4. The summed E-state index contributed by atoms with van der Waals surface area (Å²) < 4.78 is 65.2. The first-order valence-corrected chi connectivity index (χ1v) is 8.37. The number of nitrogens with zero attached hydrogens (tertiary/aromatic N) is 2. The van der Waals surface area contributed by atoms with Crippen LogP contribution in [0.4, 0.5) is 17.6 Å². The predicted molar refractivity (Wildman–Crippen MR) is 94.7 cm³/mol. The molecule has 2 heterocycles. The second-order valence-corrected chi connectivity index (χ2v) is 5.99. The normalized spacial score (nSPS) is 11.6. The molecule has 5 nitrogen and oxygen atoms in total. The van der Waals surface area contributed by atoms with Crippen LogP contribution in [0.25, 0.3) is 22.1 Å². The molecular weight excluding hydrogens is 392 g/mol. The lowest BCUT2D eigenvalue weighted by molar-refractivity contribution is -0.274. The van der Waals surface area contributed by atoms with Gasteiger partial charge < -0.3 is 14.0 Å². The van der Waals surface area contributed by atoms with E-state index in [1.54, 1.807) is 18.2 Å². The minimum Gasteiger partial charge on any atom is -0.468 e. The molecule has 2 aromatic heterocycles. The van der Waals surface area contributed by atoms with Crippen LogP contribution < -0.4 is 9.47 Å². The maximum absolute atomic E-state index is 13.7. The minimum absolute atomic E-state index is 0.125. The Morgan fingerprint density at radius 3 is 2.45 bits per heavy atom. The van der Waals surface area contributed by atoms with Crippen molar-refractivity contribution in [3.05, 3.63) is 72.3 Å². The van der Waals surface area contributed by atoms with Gasteiger partial charge in [-0.25, -0.2) is 4.39 Å². The second-order valence-electron chi connectivity index (χ2n) is 5.99. The first-order chi connectivity index (χ1) is 13.9. The molecule has 4 rings (SSSR count). The Labute approximate surface area is 161 Å². The summed E-state index contributed by atoms with van der Waals surface area (Å²) in [6.07, 6.45) is -3.30. The molecule has 0 unspecified atom stereocenters. The smallest absolute Gasteiger partial charge is 0.468 e. The summed E-state index contributed by atoms with van der Waals surface area (Å²) in [5.41, 5.74) is 1.93. The highest BCUT2D eigenvalue weighted by Crippen LogP contribution is 2.32. The second kappa shape index (κ2) is 7.42. The lowest BCUT2D eigenvalue weighted by Crippen LogP contribution is -2.16. The number of benzene rings is 2. The van der Waals surface area contributed by atoms with Crippen LogP contribution in [-0.2, 0) is 6.61 Å². The molecule has 9 heteroatoms. The van der Waals surface area contributed by atoms with Crippen LogP contribution in [0.15, 0.2) is 65.3 Å². The van der Waals surface area contributed by atoms with Crippen molar-refractivity contribution < 1.29 is 31.6 Å². The standard InChI is InChI=1S/C20H12F4N2O3/c21-16-2-1-9-25-17(16)11-27-19-15-10-13(5-8-18(15)29-26-19)12-3-6-14(7-4-12)28-20(22,23)24/h1-10H,11H2. The number of ether oxygens (including phenoxy) is 2. The number of pyridine rings is 1. The molecule has 148 valence electrons. The third-order valence-corrected chi connectivity index (χ3v) is 4.04. The van der Waals surface area contributed by atoms with E-state index < -0.39 is 12.2 Å². The fourth-order valence-electron chi connectivity index (χ4n) is 2.71. The monoisotopic (exact) mass is 404 g/mol. The maximum atomic E-state index is 13.7. The van der Waals surface area contributed by atoms with Crippen molar-refractivity contribution >= 4 is 11.0 Å². The van der Waals surface area contributed by atoms with Crippen molar-refractivity contribution in [2.24, 2.45) is 0 Å². The molecule has 0 spiro atoms. The van der Waals surface area contributed by atoms with Gasteiger partial charge in [-0.2, -0.15) is 0 Å². The fraction of sp³-hybridized carbons (Fsp3) is 0.100. The van der Waals surface area contributed by atoms with Gasteiger partial charge in [0.15, 0.2) is 5.58 Å². The van der Waals surface area contributed by atoms with E-state index in [0.717, 1.165) is 0 Å². The van der Waals surface area contributed by atoms with E-state index in [9.17, 15) is 17.6 Å². The van der Waals surface area contributed by atoms with Crippen LogP contribution in [0, 0.1) is 5.82 Å². The van der Waals surface area contributed by atoms with Gasteiger partial charge in [0, 0.05) is 6.20 Å². The molecule has 2 aromatic carbocycles. The van der Waals surface area contributed by atoms with Crippen LogP contribution in [0.2, 0.25) is 0 Å². The van der Waals surface area contributed by atoms with Gasteiger partial charge in [-0.15, -0.1) is 13.2 Å². The largest absolute Gasteiger partial charge is 0.573 e. The molecule has 0 bridgehead atoms. The molecule has 0 saturated carbocycles. The zero-order valence-electron chi connectivity index (χ0n) is 14.6. The van der Waals surface area contributed by atoms with E-state index in [4.69, 9.17) is 9.26 Å². The van der Waals surface area contributed by atoms with E-state index in [0.29, 0.717) is 22.1 Å². The van der Waals surface area contributed by atoms with E-state index in [-0.39, 0.29) is 23.9 Å². The molecule has 0 radical (unpaired) electrons. The van der Waals surface area contributed by atoms with Gasteiger partial charge in [0.25, 0.3) is 5.88 Å². The van der Waals surface area contributed by atoms with Gasteiger partial charge in [-0.3, -0.25) is 4.98 Å². The van der Waals surface area contributed by atoms with Crippen LogP contribution in [0.1, 0.15) is 5.69 Å². The number of fused-ring (bicyclic) bond motifs is 1. The molecule has 0 N–H and O–H groups in total. The summed E-state index contributed by atoms with van der Waals surface area (Å²) in [4.78, 5) is 3.91. The summed E-state index contributed by atoms with van der Waals surface area (Å²) >= 11 is 0. The number of hydrogen-bond acceptors (Lipinski definition) is 5. The van der Waals surface area contributed by atoms with Crippen molar-refractivity contribution in [2.75, 3.05) is 0 Å². The SMILES string of the molecule is Fc1cccnc1COc1noc2ccc(-c3ccc(OC(F)(F)F)cc3)cc12. The van der Waals surface area contributed by atoms with E-state index in [1.807, 2.05) is 0 Å². The van der Waals surface area contributed by atoms with Crippen molar-refractivity contribution in [3.63, 3.8) is 0 Å². The summed E-state index contributed by atoms with van der Waals surface area (Å²) in [6, 6.07) is 13.3. The highest BCUT2D eigenvalue weighted by molar-refractivity contribution is 5.87. The fourth-order valence-corrected chi connectivity index (χ4v) is 2.71. The number of rotatable bonds is 5. The summed E-state index contributed by atoms with van der Waals surface area (Å²) in [5, 5.41) is 4.37. The average Bonchev–Trinajstić information content (AvgIpc) is 3.09. The average molecular weight is 404 g/mol. The Balaban J connectivity index is 1.57. The van der Waals surface area contributed by atoms with Gasteiger partial charge in [-0.05, 0) is 52.7 Å². The maximum Gasteiger partial charge on any atom is 0.573 e. The lowest BCUT2D eigenvalue weighted by atomic mass is 10.0. The summed E-state index contributed by atoms with van der Waals surface area (Å²) in [6.45, 7) is -0.137. The quantitative estimate of drug-likeness (QED) is 0.411. The first kappa shape index (κ1) is 18.7. The summed E-state index contributed by atoms with van der Waals surface area (Å²) in [5.74, 6) is -0.653. The Hall–Kier alpha value is -3.62. The molecule has 0 aliphatic heterocycles. The van der Waals surface area contributed by atoms with Crippen LogP contribution >= 0.6 is 0 Å². The number of alkyl halides is 3. The van der Waals surface area contributed by atoms with Crippen LogP contribution in [0.3, 0.4) is 0 Å². The molecule has 0 fully saturated rings. The Kier molecular flexibility index (Phi) is 4.79. The third kappa shape index (κ3) is 4.29. The Bertz CT molecular complexity index is 1140. The van der Waals surface area contributed by atoms with Gasteiger partial charge >= 0.3 is 6.36 Å². The van der Waals surface area contributed by atoms with Crippen molar-refractivity contribution in [2.45, 2.75) is 13.0 Å². The van der Waals surface area contributed by atoms with Gasteiger partial charge in [0.2, 0.25) is 0 Å². The number of aromatic nitrogens is 2. The molecule has 0 aliphatic rings. The number of hydrogen-bond donors (Lipinski definition) is 0. The van der Waals surface area contributed by atoms with Crippen LogP contribution in [0.5, 0.6) is 11.6 Å². The van der Waals surface area contributed by atoms with Gasteiger partial charge in [-0.1, -0.05) is 18.2 Å². The molecule has 0 atom stereocenters. The zero-order valence-corrected chi connectivity index (χ0v) is 14.6. The molecule has 0 saturated heterocycles.